The maximum Gasteiger partial charge on any atom is 0.225 e. The second kappa shape index (κ2) is 5.90. The van der Waals surface area contributed by atoms with Crippen molar-refractivity contribution in [3.05, 3.63) is 46.7 Å². The van der Waals surface area contributed by atoms with Crippen LogP contribution in [0.15, 0.2) is 30.6 Å². The quantitative estimate of drug-likeness (QED) is 0.853. The van der Waals surface area contributed by atoms with E-state index >= 15 is 0 Å². The standard InChI is InChI=1S/C16H19ClN4/c1-12-3-4-13(2)15(9-12)20-5-7-21(8-6-20)16-18-10-14(17)11-19-16/h3-4,9-11H,5-8H2,1-2H3. The number of nitrogens with zero attached hydrogens (tertiary/aromatic N) is 4. The van der Waals surface area contributed by atoms with Crippen LogP contribution in [0.3, 0.4) is 0 Å². The Labute approximate surface area is 130 Å². The molecule has 5 heteroatoms. The lowest BCUT2D eigenvalue weighted by atomic mass is 10.1. The molecule has 1 aromatic heterocycles. The number of aromatic nitrogens is 2. The summed E-state index contributed by atoms with van der Waals surface area (Å²) in [4.78, 5) is 13.2. The van der Waals surface area contributed by atoms with Crippen LogP contribution in [0.4, 0.5) is 11.6 Å². The number of halogens is 1. The van der Waals surface area contributed by atoms with E-state index in [0.717, 1.165) is 32.1 Å². The summed E-state index contributed by atoms with van der Waals surface area (Å²) in [5, 5.41) is 0.577. The molecule has 0 N–H and O–H groups in total. The third-order valence-corrected chi connectivity index (χ3v) is 4.07. The monoisotopic (exact) mass is 302 g/mol. The highest BCUT2D eigenvalue weighted by molar-refractivity contribution is 6.30. The first-order chi connectivity index (χ1) is 10.1. The van der Waals surface area contributed by atoms with Gasteiger partial charge in [-0.2, -0.15) is 0 Å². The van der Waals surface area contributed by atoms with Crippen molar-refractivity contribution >= 4 is 23.2 Å². The fraction of sp³-hybridized carbons (Fsp3) is 0.375. The van der Waals surface area contributed by atoms with E-state index in [2.05, 4.69) is 51.8 Å². The van der Waals surface area contributed by atoms with Gasteiger partial charge >= 0.3 is 0 Å². The Kier molecular flexibility index (Phi) is 3.97. The molecule has 2 heterocycles. The van der Waals surface area contributed by atoms with E-state index in [1.807, 2.05) is 0 Å². The second-order valence-corrected chi connectivity index (χ2v) is 5.90. The van der Waals surface area contributed by atoms with E-state index < -0.39 is 0 Å². The Balaban J connectivity index is 1.70. The van der Waals surface area contributed by atoms with Gasteiger partial charge in [0.25, 0.3) is 0 Å². The normalized spacial score (nSPS) is 15.4. The molecule has 0 bridgehead atoms. The molecule has 0 spiro atoms. The van der Waals surface area contributed by atoms with E-state index in [-0.39, 0.29) is 0 Å². The lowest BCUT2D eigenvalue weighted by Gasteiger charge is -2.36. The smallest absolute Gasteiger partial charge is 0.225 e. The summed E-state index contributed by atoms with van der Waals surface area (Å²) in [6, 6.07) is 6.62. The molecule has 0 unspecified atom stereocenters. The molecule has 1 aliphatic heterocycles. The lowest BCUT2D eigenvalue weighted by Crippen LogP contribution is -2.47. The van der Waals surface area contributed by atoms with Gasteiger partial charge < -0.3 is 9.80 Å². The van der Waals surface area contributed by atoms with Crippen molar-refractivity contribution in [1.82, 2.24) is 9.97 Å². The minimum absolute atomic E-state index is 0.577. The summed E-state index contributed by atoms with van der Waals surface area (Å²) in [6.45, 7) is 8.13. The molecule has 0 radical (unpaired) electrons. The van der Waals surface area contributed by atoms with Crippen molar-refractivity contribution in [2.75, 3.05) is 36.0 Å². The first-order valence-electron chi connectivity index (χ1n) is 7.18. The number of hydrogen-bond donors (Lipinski definition) is 0. The molecular formula is C16H19ClN4. The zero-order valence-electron chi connectivity index (χ0n) is 12.4. The van der Waals surface area contributed by atoms with Crippen molar-refractivity contribution < 1.29 is 0 Å². The Bertz CT molecular complexity index is 619. The van der Waals surface area contributed by atoms with Crippen molar-refractivity contribution in [3.63, 3.8) is 0 Å². The molecule has 0 amide bonds. The van der Waals surface area contributed by atoms with E-state index in [1.54, 1.807) is 12.4 Å². The van der Waals surface area contributed by atoms with E-state index in [4.69, 9.17) is 11.6 Å². The highest BCUT2D eigenvalue weighted by atomic mass is 35.5. The SMILES string of the molecule is Cc1ccc(C)c(N2CCN(c3ncc(Cl)cn3)CC2)c1. The summed E-state index contributed by atoms with van der Waals surface area (Å²) in [5.74, 6) is 0.764. The first-order valence-corrected chi connectivity index (χ1v) is 7.56. The second-order valence-electron chi connectivity index (χ2n) is 5.47. The van der Waals surface area contributed by atoms with Crippen molar-refractivity contribution in [1.29, 1.82) is 0 Å². The highest BCUT2D eigenvalue weighted by Gasteiger charge is 2.20. The third kappa shape index (κ3) is 3.10. The zero-order valence-corrected chi connectivity index (χ0v) is 13.1. The Morgan fingerprint density at radius 1 is 0.952 bits per heavy atom. The molecule has 0 aliphatic carbocycles. The topological polar surface area (TPSA) is 32.3 Å². The number of aryl methyl sites for hydroxylation is 2. The molecule has 3 rings (SSSR count). The molecule has 1 saturated heterocycles. The van der Waals surface area contributed by atoms with Gasteiger partial charge in [0, 0.05) is 31.9 Å². The van der Waals surface area contributed by atoms with Gasteiger partial charge in [-0.3, -0.25) is 0 Å². The van der Waals surface area contributed by atoms with Crippen LogP contribution in [-0.4, -0.2) is 36.1 Å². The van der Waals surface area contributed by atoms with Crippen LogP contribution in [0.2, 0.25) is 5.02 Å². The Morgan fingerprint density at radius 2 is 1.57 bits per heavy atom. The van der Waals surface area contributed by atoms with Crippen LogP contribution in [0.1, 0.15) is 11.1 Å². The van der Waals surface area contributed by atoms with Gasteiger partial charge in [0.1, 0.15) is 0 Å². The third-order valence-electron chi connectivity index (χ3n) is 3.87. The molecule has 21 heavy (non-hydrogen) atoms. The lowest BCUT2D eigenvalue weighted by molar-refractivity contribution is 0.639. The van der Waals surface area contributed by atoms with Gasteiger partial charge in [0.05, 0.1) is 17.4 Å². The molecule has 4 nitrogen and oxygen atoms in total. The van der Waals surface area contributed by atoms with Gasteiger partial charge in [-0.05, 0) is 31.0 Å². The Morgan fingerprint density at radius 3 is 2.24 bits per heavy atom. The molecule has 1 aromatic carbocycles. The maximum atomic E-state index is 5.83. The van der Waals surface area contributed by atoms with Gasteiger partial charge in [-0.1, -0.05) is 23.7 Å². The summed E-state index contributed by atoms with van der Waals surface area (Å²) in [6.07, 6.45) is 3.31. The van der Waals surface area contributed by atoms with Gasteiger partial charge in [0.15, 0.2) is 0 Å². The predicted molar refractivity (Wildman–Crippen MR) is 87.4 cm³/mol. The average Bonchev–Trinajstić information content (AvgIpc) is 2.51. The number of hydrogen-bond acceptors (Lipinski definition) is 4. The maximum absolute atomic E-state index is 5.83. The average molecular weight is 303 g/mol. The fourth-order valence-corrected chi connectivity index (χ4v) is 2.77. The summed E-state index contributed by atoms with van der Waals surface area (Å²) in [7, 11) is 0. The van der Waals surface area contributed by atoms with Gasteiger partial charge in [0.2, 0.25) is 5.95 Å². The highest BCUT2D eigenvalue weighted by Crippen LogP contribution is 2.23. The molecule has 2 aromatic rings. The fourth-order valence-electron chi connectivity index (χ4n) is 2.68. The molecule has 0 atom stereocenters. The van der Waals surface area contributed by atoms with E-state index in [9.17, 15) is 0 Å². The number of piperazine rings is 1. The molecule has 0 saturated carbocycles. The molecule has 1 fully saturated rings. The van der Waals surface area contributed by atoms with Crippen LogP contribution in [0, 0.1) is 13.8 Å². The number of anilines is 2. The van der Waals surface area contributed by atoms with Crippen molar-refractivity contribution in [2.45, 2.75) is 13.8 Å². The van der Waals surface area contributed by atoms with Crippen LogP contribution in [0.5, 0.6) is 0 Å². The van der Waals surface area contributed by atoms with Crippen LogP contribution in [0.25, 0.3) is 0 Å². The van der Waals surface area contributed by atoms with Crippen LogP contribution in [-0.2, 0) is 0 Å². The summed E-state index contributed by atoms with van der Waals surface area (Å²) in [5.41, 5.74) is 3.97. The van der Waals surface area contributed by atoms with E-state index in [1.165, 1.54) is 16.8 Å². The number of rotatable bonds is 2. The van der Waals surface area contributed by atoms with Crippen LogP contribution >= 0.6 is 11.6 Å². The zero-order chi connectivity index (χ0) is 14.8. The van der Waals surface area contributed by atoms with Crippen molar-refractivity contribution in [2.24, 2.45) is 0 Å². The van der Waals surface area contributed by atoms with Gasteiger partial charge in [-0.25, -0.2) is 9.97 Å². The largest absolute Gasteiger partial charge is 0.368 e. The number of benzene rings is 1. The summed E-state index contributed by atoms with van der Waals surface area (Å²) < 4.78 is 0. The minimum Gasteiger partial charge on any atom is -0.368 e. The molecule has 1 aliphatic rings. The first kappa shape index (κ1) is 14.1. The van der Waals surface area contributed by atoms with Gasteiger partial charge in [-0.15, -0.1) is 0 Å². The minimum atomic E-state index is 0.577. The van der Waals surface area contributed by atoms with Crippen LogP contribution < -0.4 is 9.80 Å². The summed E-state index contributed by atoms with van der Waals surface area (Å²) >= 11 is 5.83. The molecular weight excluding hydrogens is 284 g/mol. The molecule has 110 valence electrons. The predicted octanol–water partition coefficient (Wildman–Crippen LogP) is 3.07. The Hall–Kier alpha value is -1.81. The van der Waals surface area contributed by atoms with E-state index in [0.29, 0.717) is 5.02 Å². The van der Waals surface area contributed by atoms with Crippen molar-refractivity contribution in [3.8, 4) is 0 Å².